The van der Waals surface area contributed by atoms with Crippen LogP contribution in [-0.2, 0) is 29.4 Å². The molecule has 0 saturated carbocycles. The number of amides is 1. The highest BCUT2D eigenvalue weighted by atomic mass is 32.2. The van der Waals surface area contributed by atoms with Crippen molar-refractivity contribution in [3.8, 4) is 0 Å². The number of piperidine rings is 1. The lowest BCUT2D eigenvalue weighted by molar-refractivity contribution is -0.125. The number of hydrogen-bond donors (Lipinski definition) is 1. The Labute approximate surface area is 180 Å². The van der Waals surface area contributed by atoms with Gasteiger partial charge in [-0.3, -0.25) is 4.79 Å². The van der Waals surface area contributed by atoms with Crippen molar-refractivity contribution in [1.82, 2.24) is 9.62 Å². The number of nitrogens with zero attached hydrogens (tertiary/aromatic N) is 1. The quantitative estimate of drug-likeness (QED) is 0.603. The van der Waals surface area contributed by atoms with Crippen molar-refractivity contribution >= 4 is 31.7 Å². The summed E-state index contributed by atoms with van der Waals surface area (Å²) in [5.41, 5.74) is -1.15. The molecule has 9 nitrogen and oxygen atoms in total. The van der Waals surface area contributed by atoms with Crippen LogP contribution in [0.4, 0.5) is 4.39 Å². The molecule has 1 aromatic rings. The number of rotatable bonds is 6. The van der Waals surface area contributed by atoms with Crippen LogP contribution in [0.2, 0.25) is 0 Å². The number of sulfone groups is 1. The Bertz CT molecular complexity index is 1080. The van der Waals surface area contributed by atoms with Gasteiger partial charge in [0, 0.05) is 13.1 Å². The van der Waals surface area contributed by atoms with Gasteiger partial charge in [-0.2, -0.15) is 4.31 Å². The molecule has 0 aliphatic carbocycles. The topological polar surface area (TPSA) is 127 Å². The number of carbonyl (C=O) groups is 2. The molecule has 172 valence electrons. The van der Waals surface area contributed by atoms with Crippen LogP contribution in [0.15, 0.2) is 23.1 Å². The first-order chi connectivity index (χ1) is 14.4. The first kappa shape index (κ1) is 23.6. The molecule has 0 aromatic heterocycles. The number of esters is 1. The fourth-order valence-corrected chi connectivity index (χ4v) is 7.47. The van der Waals surface area contributed by atoms with Crippen molar-refractivity contribution in [2.45, 2.75) is 43.0 Å². The Balaban J connectivity index is 1.66. The molecule has 2 aliphatic heterocycles. The number of carbonyl (C=O) groups excluding carboxylic acids is 2. The SMILES string of the molecule is CC1(NC(=O)COC(=O)c2ccc(F)c(S(=O)(=O)N3CCCCC3)c2)CCS(=O)(=O)C1. The van der Waals surface area contributed by atoms with Gasteiger partial charge in [0.2, 0.25) is 10.0 Å². The van der Waals surface area contributed by atoms with E-state index in [1.807, 2.05) is 0 Å². The lowest BCUT2D eigenvalue weighted by Crippen LogP contribution is -2.48. The molecular formula is C19H25FN2O7S2. The van der Waals surface area contributed by atoms with Crippen LogP contribution >= 0.6 is 0 Å². The minimum Gasteiger partial charge on any atom is -0.452 e. The first-order valence-corrected chi connectivity index (χ1v) is 13.2. The van der Waals surface area contributed by atoms with Crippen molar-refractivity contribution in [3.05, 3.63) is 29.6 Å². The smallest absolute Gasteiger partial charge is 0.338 e. The summed E-state index contributed by atoms with van der Waals surface area (Å²) >= 11 is 0. The van der Waals surface area contributed by atoms with Crippen molar-refractivity contribution in [2.75, 3.05) is 31.2 Å². The molecule has 1 N–H and O–H groups in total. The van der Waals surface area contributed by atoms with E-state index in [9.17, 15) is 30.8 Å². The maximum absolute atomic E-state index is 14.3. The molecule has 0 bridgehead atoms. The van der Waals surface area contributed by atoms with Gasteiger partial charge in [0.1, 0.15) is 10.7 Å². The predicted molar refractivity (Wildman–Crippen MR) is 109 cm³/mol. The normalized spacial score (nSPS) is 23.9. The van der Waals surface area contributed by atoms with Crippen LogP contribution in [0, 0.1) is 5.82 Å². The second-order valence-corrected chi connectivity index (χ2v) is 12.2. The summed E-state index contributed by atoms with van der Waals surface area (Å²) in [6.07, 6.45) is 2.51. The van der Waals surface area contributed by atoms with Gasteiger partial charge in [-0.15, -0.1) is 0 Å². The number of nitrogens with one attached hydrogen (secondary N) is 1. The summed E-state index contributed by atoms with van der Waals surface area (Å²) < 4.78 is 69.1. The number of benzene rings is 1. The largest absolute Gasteiger partial charge is 0.452 e. The average Bonchev–Trinajstić information content (AvgIpc) is 2.99. The van der Waals surface area contributed by atoms with Gasteiger partial charge < -0.3 is 10.1 Å². The zero-order valence-electron chi connectivity index (χ0n) is 17.1. The highest BCUT2D eigenvalue weighted by molar-refractivity contribution is 7.91. The van der Waals surface area contributed by atoms with E-state index in [0.717, 1.165) is 24.6 Å². The molecule has 12 heteroatoms. The molecule has 1 atom stereocenters. The van der Waals surface area contributed by atoms with E-state index >= 15 is 0 Å². The third-order valence-corrected chi connectivity index (χ3v) is 9.20. The molecule has 0 spiro atoms. The summed E-state index contributed by atoms with van der Waals surface area (Å²) in [6.45, 7) is 1.48. The Morgan fingerprint density at radius 3 is 2.52 bits per heavy atom. The molecule has 2 fully saturated rings. The highest BCUT2D eigenvalue weighted by Gasteiger charge is 2.39. The van der Waals surface area contributed by atoms with Gasteiger partial charge >= 0.3 is 5.97 Å². The van der Waals surface area contributed by atoms with Crippen LogP contribution in [0.3, 0.4) is 0 Å². The Morgan fingerprint density at radius 2 is 1.90 bits per heavy atom. The molecule has 3 rings (SSSR count). The molecule has 1 amide bonds. The van der Waals surface area contributed by atoms with Crippen LogP contribution < -0.4 is 5.32 Å². The van der Waals surface area contributed by atoms with Gasteiger partial charge in [-0.1, -0.05) is 6.42 Å². The maximum atomic E-state index is 14.3. The van der Waals surface area contributed by atoms with Crippen molar-refractivity contribution in [3.63, 3.8) is 0 Å². The van der Waals surface area contributed by atoms with E-state index in [1.54, 1.807) is 6.92 Å². The highest BCUT2D eigenvalue weighted by Crippen LogP contribution is 2.25. The number of ether oxygens (including phenoxy) is 1. The molecule has 2 aliphatic rings. The molecule has 1 unspecified atom stereocenters. The zero-order valence-corrected chi connectivity index (χ0v) is 18.7. The van der Waals surface area contributed by atoms with Gasteiger partial charge in [0.15, 0.2) is 16.4 Å². The van der Waals surface area contributed by atoms with Crippen molar-refractivity contribution in [1.29, 1.82) is 0 Å². The molecular weight excluding hydrogens is 451 g/mol. The second kappa shape index (κ2) is 8.83. The van der Waals surface area contributed by atoms with E-state index in [4.69, 9.17) is 4.74 Å². The molecule has 1 aromatic carbocycles. The van der Waals surface area contributed by atoms with Crippen molar-refractivity contribution < 1.29 is 35.6 Å². The molecule has 2 saturated heterocycles. The lowest BCUT2D eigenvalue weighted by Gasteiger charge is -2.26. The second-order valence-electron chi connectivity index (χ2n) is 8.14. The average molecular weight is 477 g/mol. The van der Waals surface area contributed by atoms with Gasteiger partial charge in [0.25, 0.3) is 5.91 Å². The number of halogens is 1. The Hall–Kier alpha value is -2.05. The number of hydrogen-bond acceptors (Lipinski definition) is 7. The zero-order chi connectivity index (χ0) is 22.9. The third-order valence-electron chi connectivity index (χ3n) is 5.38. The summed E-state index contributed by atoms with van der Waals surface area (Å²) in [7, 11) is -7.33. The van der Waals surface area contributed by atoms with Crippen LogP contribution in [-0.4, -0.2) is 69.8 Å². The predicted octanol–water partition coefficient (Wildman–Crippen LogP) is 0.850. The van der Waals surface area contributed by atoms with Gasteiger partial charge in [0.05, 0.1) is 22.6 Å². The van der Waals surface area contributed by atoms with Gasteiger partial charge in [-0.05, 0) is 44.4 Å². The van der Waals surface area contributed by atoms with Crippen LogP contribution in [0.1, 0.15) is 43.0 Å². The van der Waals surface area contributed by atoms with E-state index in [2.05, 4.69) is 5.32 Å². The van der Waals surface area contributed by atoms with Crippen LogP contribution in [0.25, 0.3) is 0 Å². The van der Waals surface area contributed by atoms with Crippen molar-refractivity contribution in [2.24, 2.45) is 0 Å². The van der Waals surface area contributed by atoms with Crippen LogP contribution in [0.5, 0.6) is 0 Å². The molecule has 2 heterocycles. The monoisotopic (exact) mass is 476 g/mol. The summed E-state index contributed by atoms with van der Waals surface area (Å²) in [5, 5.41) is 2.55. The minimum atomic E-state index is -4.10. The summed E-state index contributed by atoms with van der Waals surface area (Å²) in [5.74, 6) is -2.89. The Morgan fingerprint density at radius 1 is 1.23 bits per heavy atom. The molecule has 0 radical (unpaired) electrons. The maximum Gasteiger partial charge on any atom is 0.338 e. The fraction of sp³-hybridized carbons (Fsp3) is 0.579. The standard InChI is InChI=1S/C19H25FN2O7S2/c1-19(7-10-30(25,26)13-19)21-17(23)12-29-18(24)14-5-6-15(20)16(11-14)31(27,28)22-8-3-2-4-9-22/h5-6,11H,2-4,7-10,12-13H2,1H3,(H,21,23). The summed E-state index contributed by atoms with van der Waals surface area (Å²) in [4.78, 5) is 23.8. The van der Waals surface area contributed by atoms with E-state index in [-0.39, 0.29) is 36.6 Å². The van der Waals surface area contributed by atoms with E-state index < -0.39 is 54.6 Å². The lowest BCUT2D eigenvalue weighted by atomic mass is 10.0. The molecule has 31 heavy (non-hydrogen) atoms. The minimum absolute atomic E-state index is 0.0343. The van der Waals surface area contributed by atoms with E-state index in [1.165, 1.54) is 4.31 Å². The Kier molecular flexibility index (Phi) is 6.72. The first-order valence-electron chi connectivity index (χ1n) is 9.90. The third kappa shape index (κ3) is 5.60. The fourth-order valence-electron chi connectivity index (χ4n) is 3.77. The summed E-state index contributed by atoms with van der Waals surface area (Å²) in [6, 6.07) is 2.86. The van der Waals surface area contributed by atoms with E-state index in [0.29, 0.717) is 12.8 Å². The number of sulfonamides is 1. The van der Waals surface area contributed by atoms with Gasteiger partial charge in [-0.25, -0.2) is 26.0 Å².